The zero-order chi connectivity index (χ0) is 17.6. The Bertz CT molecular complexity index is 360. The topological polar surface area (TPSA) is 38.7 Å². The van der Waals surface area contributed by atoms with Crippen LogP contribution < -0.4 is 0 Å². The largest absolute Gasteiger partial charge is 0.495 e. The van der Waals surface area contributed by atoms with Crippen molar-refractivity contribution in [3.8, 4) is 0 Å². The average molecular weight is 312 g/mol. The van der Waals surface area contributed by atoms with E-state index < -0.39 is 6.10 Å². The van der Waals surface area contributed by atoms with Gasteiger partial charge in [-0.15, -0.1) is 6.58 Å². The van der Waals surface area contributed by atoms with Crippen molar-refractivity contribution in [2.75, 3.05) is 19.8 Å². The van der Waals surface area contributed by atoms with Crippen LogP contribution in [0.1, 0.15) is 54.9 Å². The summed E-state index contributed by atoms with van der Waals surface area (Å²) in [5, 5.41) is 9.90. The van der Waals surface area contributed by atoms with Gasteiger partial charge in [-0.25, -0.2) is 0 Å². The van der Waals surface area contributed by atoms with Crippen molar-refractivity contribution < 1.29 is 14.6 Å². The molecule has 0 aromatic rings. The van der Waals surface area contributed by atoms with Gasteiger partial charge in [0.25, 0.3) is 0 Å². The molecule has 1 N–H and O–H groups in total. The lowest BCUT2D eigenvalue weighted by Crippen LogP contribution is -2.39. The Balaban J connectivity index is 4.76. The first-order valence-electron chi connectivity index (χ1n) is 8.02. The molecular formula is C19H36O3. The number of ether oxygens (including phenoxy) is 2. The Morgan fingerprint density at radius 1 is 1.09 bits per heavy atom. The Labute approximate surface area is 137 Å². The fourth-order valence-corrected chi connectivity index (χ4v) is 2.53. The zero-order valence-corrected chi connectivity index (χ0v) is 15.7. The third kappa shape index (κ3) is 6.97. The van der Waals surface area contributed by atoms with E-state index in [1.807, 2.05) is 0 Å². The molecule has 0 fully saturated rings. The van der Waals surface area contributed by atoms with Gasteiger partial charge < -0.3 is 14.6 Å². The second-order valence-electron chi connectivity index (χ2n) is 8.53. The molecule has 0 saturated heterocycles. The number of rotatable bonds is 9. The molecule has 0 saturated carbocycles. The van der Waals surface area contributed by atoms with Crippen LogP contribution in [0.25, 0.3) is 0 Å². The lowest BCUT2D eigenvalue weighted by molar-refractivity contribution is -0.0287. The number of aliphatic hydroxyl groups is 1. The van der Waals surface area contributed by atoms with Crippen LogP contribution in [0.3, 0.4) is 0 Å². The molecule has 0 bridgehead atoms. The van der Waals surface area contributed by atoms with Gasteiger partial charge in [-0.2, -0.15) is 0 Å². The Morgan fingerprint density at radius 2 is 1.64 bits per heavy atom. The standard InChI is InChI=1S/C19H36O3/c1-10-11-21-12-16(20)13-22-15(2)19(9,18(6,7)8)14-17(3,4)5/h10,16,20H,1-2,11-14H2,3-9H3. The molecule has 0 aliphatic heterocycles. The summed E-state index contributed by atoms with van der Waals surface area (Å²) in [5.41, 5.74) is 0.00855. The van der Waals surface area contributed by atoms with E-state index in [0.717, 1.165) is 12.2 Å². The first kappa shape index (κ1) is 21.2. The highest BCUT2D eigenvalue weighted by Crippen LogP contribution is 2.51. The van der Waals surface area contributed by atoms with Gasteiger partial charge in [-0.3, -0.25) is 0 Å². The molecule has 0 rings (SSSR count). The predicted octanol–water partition coefficient (Wildman–Crippen LogP) is 4.57. The summed E-state index contributed by atoms with van der Waals surface area (Å²) in [6.07, 6.45) is 1.97. The van der Waals surface area contributed by atoms with Gasteiger partial charge >= 0.3 is 0 Å². The highest BCUT2D eigenvalue weighted by atomic mass is 16.5. The van der Waals surface area contributed by atoms with Gasteiger partial charge in [0.1, 0.15) is 12.7 Å². The Kier molecular flexibility index (Phi) is 7.87. The first-order chi connectivity index (χ1) is 9.83. The highest BCUT2D eigenvalue weighted by Gasteiger charge is 2.43. The SMILES string of the molecule is C=CCOCC(O)COC(=C)C(C)(CC(C)(C)C)C(C)(C)C. The molecule has 3 heteroatoms. The first-order valence-corrected chi connectivity index (χ1v) is 8.02. The third-order valence-electron chi connectivity index (χ3n) is 4.15. The highest BCUT2D eigenvalue weighted by molar-refractivity contribution is 5.08. The molecule has 0 aliphatic carbocycles. The Morgan fingerprint density at radius 3 is 2.05 bits per heavy atom. The van der Waals surface area contributed by atoms with Crippen LogP contribution in [0.15, 0.2) is 25.0 Å². The van der Waals surface area contributed by atoms with Gasteiger partial charge in [-0.05, 0) is 17.3 Å². The van der Waals surface area contributed by atoms with Gasteiger partial charge in [0, 0.05) is 5.41 Å². The number of hydrogen-bond acceptors (Lipinski definition) is 3. The summed E-state index contributed by atoms with van der Waals surface area (Å²) in [5.74, 6) is 0.734. The van der Waals surface area contributed by atoms with Crippen LogP contribution in [0.4, 0.5) is 0 Å². The maximum Gasteiger partial charge on any atom is 0.116 e. The van der Waals surface area contributed by atoms with Crippen molar-refractivity contribution in [1.82, 2.24) is 0 Å². The van der Waals surface area contributed by atoms with Crippen molar-refractivity contribution in [3.63, 3.8) is 0 Å². The van der Waals surface area contributed by atoms with Gasteiger partial charge in [0.2, 0.25) is 0 Å². The monoisotopic (exact) mass is 312 g/mol. The summed E-state index contributed by atoms with van der Waals surface area (Å²) in [7, 11) is 0. The maximum atomic E-state index is 9.90. The van der Waals surface area contributed by atoms with Crippen molar-refractivity contribution in [1.29, 1.82) is 0 Å². The van der Waals surface area contributed by atoms with Gasteiger partial charge in [-0.1, -0.05) is 61.1 Å². The minimum atomic E-state index is -0.657. The molecule has 3 nitrogen and oxygen atoms in total. The molecular weight excluding hydrogens is 276 g/mol. The van der Waals surface area contributed by atoms with Crippen molar-refractivity contribution >= 4 is 0 Å². The van der Waals surface area contributed by atoms with Gasteiger partial charge in [0.15, 0.2) is 0 Å². The van der Waals surface area contributed by atoms with Crippen LogP contribution in [0.2, 0.25) is 0 Å². The number of hydrogen-bond donors (Lipinski definition) is 1. The lowest BCUT2D eigenvalue weighted by Gasteiger charge is -2.46. The zero-order valence-electron chi connectivity index (χ0n) is 15.7. The van der Waals surface area contributed by atoms with Crippen LogP contribution in [0, 0.1) is 16.2 Å². The fourth-order valence-electron chi connectivity index (χ4n) is 2.53. The van der Waals surface area contributed by atoms with Crippen molar-refractivity contribution in [2.24, 2.45) is 16.2 Å². The quantitative estimate of drug-likeness (QED) is 0.385. The second-order valence-corrected chi connectivity index (χ2v) is 8.53. The minimum Gasteiger partial charge on any atom is -0.495 e. The maximum absolute atomic E-state index is 9.90. The average Bonchev–Trinajstić information content (AvgIpc) is 2.32. The summed E-state index contributed by atoms with van der Waals surface area (Å²) < 4.78 is 11.1. The van der Waals surface area contributed by atoms with E-state index in [-0.39, 0.29) is 29.5 Å². The lowest BCUT2D eigenvalue weighted by atomic mass is 9.60. The second kappa shape index (κ2) is 8.16. The molecule has 2 atom stereocenters. The third-order valence-corrected chi connectivity index (χ3v) is 4.15. The van der Waals surface area contributed by atoms with E-state index in [1.54, 1.807) is 6.08 Å². The molecule has 0 spiro atoms. The van der Waals surface area contributed by atoms with Crippen LogP contribution in [-0.2, 0) is 9.47 Å². The molecule has 2 unspecified atom stereocenters. The van der Waals surface area contributed by atoms with E-state index >= 15 is 0 Å². The van der Waals surface area contributed by atoms with Crippen LogP contribution in [-0.4, -0.2) is 31.0 Å². The van der Waals surface area contributed by atoms with E-state index in [2.05, 4.69) is 61.6 Å². The molecule has 0 amide bonds. The fraction of sp³-hybridized carbons (Fsp3) is 0.789. The van der Waals surface area contributed by atoms with E-state index in [1.165, 1.54) is 0 Å². The van der Waals surface area contributed by atoms with Crippen LogP contribution in [0.5, 0.6) is 0 Å². The molecule has 0 aliphatic rings. The minimum absolute atomic E-state index is 0.0155. The molecule has 0 radical (unpaired) electrons. The number of aliphatic hydroxyl groups excluding tert-OH is 1. The molecule has 130 valence electrons. The molecule has 0 aromatic carbocycles. The van der Waals surface area contributed by atoms with E-state index in [4.69, 9.17) is 9.47 Å². The summed E-state index contributed by atoms with van der Waals surface area (Å²) in [4.78, 5) is 0. The molecule has 0 heterocycles. The number of allylic oxidation sites excluding steroid dienone is 1. The summed E-state index contributed by atoms with van der Waals surface area (Å²) in [6.45, 7) is 24.1. The normalized spacial score (nSPS) is 16.7. The predicted molar refractivity (Wildman–Crippen MR) is 93.7 cm³/mol. The van der Waals surface area contributed by atoms with E-state index in [9.17, 15) is 5.11 Å². The van der Waals surface area contributed by atoms with E-state index in [0.29, 0.717) is 6.61 Å². The smallest absolute Gasteiger partial charge is 0.116 e. The Hall–Kier alpha value is -0.800. The summed E-state index contributed by atoms with van der Waals surface area (Å²) >= 11 is 0. The van der Waals surface area contributed by atoms with Gasteiger partial charge in [0.05, 0.1) is 19.0 Å². The van der Waals surface area contributed by atoms with Crippen molar-refractivity contribution in [3.05, 3.63) is 25.0 Å². The summed E-state index contributed by atoms with van der Waals surface area (Å²) in [6, 6.07) is 0. The molecule has 0 aromatic heterocycles. The van der Waals surface area contributed by atoms with Crippen molar-refractivity contribution in [2.45, 2.75) is 61.0 Å². The van der Waals surface area contributed by atoms with Crippen LogP contribution >= 0.6 is 0 Å². The molecule has 22 heavy (non-hydrogen) atoms.